The van der Waals surface area contributed by atoms with Crippen LogP contribution in [0.3, 0.4) is 0 Å². The fourth-order valence-electron chi connectivity index (χ4n) is 0.967. The van der Waals surface area contributed by atoms with E-state index in [1.54, 1.807) is 0 Å². The molecule has 0 bridgehead atoms. The average Bonchev–Trinajstić information content (AvgIpc) is 2.28. The molecule has 0 heterocycles. The van der Waals surface area contributed by atoms with E-state index in [0.717, 1.165) is 0 Å². The van der Waals surface area contributed by atoms with E-state index >= 15 is 0 Å². The molecule has 0 atom stereocenters. The minimum absolute atomic E-state index is 0.0900. The summed E-state index contributed by atoms with van der Waals surface area (Å²) < 4.78 is 68.5. The van der Waals surface area contributed by atoms with E-state index in [2.05, 4.69) is 4.74 Å². The minimum atomic E-state index is -2.18. The lowest BCUT2D eigenvalue weighted by molar-refractivity contribution is 0.275. The molecule has 0 unspecified atom stereocenters. The molecular weight excluding hydrogens is 247 g/mol. The third-order valence-corrected chi connectivity index (χ3v) is 2.47. The Hall–Kier alpha value is -1.11. The third-order valence-electron chi connectivity index (χ3n) is 1.77. The van der Waals surface area contributed by atoms with E-state index in [4.69, 9.17) is 0 Å². The van der Waals surface area contributed by atoms with Crippen LogP contribution in [0.2, 0.25) is 12.6 Å². The van der Waals surface area contributed by atoms with E-state index in [0.29, 0.717) is 15.6 Å². The Balaban J connectivity index is 3.08. The molecule has 1 nitrogen and oxygen atoms in total. The SMILES string of the molecule is C[Si]CCOc1c(F)c(F)c(F)c(F)c1F. The maximum Gasteiger partial charge on any atom is 0.206 e. The number of halogens is 5. The third kappa shape index (κ3) is 2.34. The number of hydrogen-bond acceptors (Lipinski definition) is 1. The van der Waals surface area contributed by atoms with E-state index < -0.39 is 34.8 Å². The Morgan fingerprint density at radius 3 is 1.75 bits per heavy atom. The maximum absolute atomic E-state index is 13.0. The summed E-state index contributed by atoms with van der Waals surface area (Å²) in [6, 6.07) is 0.486. The summed E-state index contributed by atoms with van der Waals surface area (Å²) >= 11 is 0. The van der Waals surface area contributed by atoms with Gasteiger partial charge in [0.15, 0.2) is 5.75 Å². The molecule has 0 fully saturated rings. The molecule has 7 heteroatoms. The summed E-state index contributed by atoms with van der Waals surface area (Å²) in [5.41, 5.74) is 0. The van der Waals surface area contributed by atoms with Crippen molar-refractivity contribution in [2.24, 2.45) is 0 Å². The molecule has 1 aromatic carbocycles. The molecule has 0 aliphatic rings. The largest absolute Gasteiger partial charge is 0.488 e. The van der Waals surface area contributed by atoms with Gasteiger partial charge < -0.3 is 4.74 Å². The first kappa shape index (κ1) is 13.0. The molecule has 88 valence electrons. The number of rotatable bonds is 4. The maximum atomic E-state index is 13.0. The number of hydrogen-bond donors (Lipinski definition) is 0. The molecule has 0 spiro atoms. The molecule has 0 aliphatic heterocycles. The normalized spacial score (nSPS) is 10.6. The summed E-state index contributed by atoms with van der Waals surface area (Å²) in [7, 11) is 0.464. The van der Waals surface area contributed by atoms with Crippen LogP contribution < -0.4 is 4.74 Å². The standard InChI is InChI=1S/C9H7F5OSi/c1-16-3-2-15-9-7(13)5(11)4(10)6(12)8(9)14/h2-3H2,1H3. The van der Waals surface area contributed by atoms with Gasteiger partial charge in [-0.3, -0.25) is 0 Å². The zero-order valence-corrected chi connectivity index (χ0v) is 9.21. The highest BCUT2D eigenvalue weighted by molar-refractivity contribution is 6.33. The first-order valence-electron chi connectivity index (χ1n) is 4.29. The van der Waals surface area contributed by atoms with Crippen molar-refractivity contribution in [3.63, 3.8) is 0 Å². The highest BCUT2D eigenvalue weighted by Crippen LogP contribution is 2.29. The van der Waals surface area contributed by atoms with Gasteiger partial charge in [-0.2, -0.15) is 8.78 Å². The molecule has 2 radical (unpaired) electrons. The Bertz CT molecular complexity index is 367. The molecule has 1 aromatic rings. The lowest BCUT2D eigenvalue weighted by Crippen LogP contribution is -2.08. The van der Waals surface area contributed by atoms with Crippen molar-refractivity contribution >= 4 is 9.52 Å². The molecule has 0 amide bonds. The minimum Gasteiger partial charge on any atom is -0.488 e. The quantitative estimate of drug-likeness (QED) is 0.264. The second kappa shape index (κ2) is 5.29. The molecule has 1 rings (SSSR count). The van der Waals surface area contributed by atoms with Crippen LogP contribution in [0.25, 0.3) is 0 Å². The first-order valence-corrected chi connectivity index (χ1v) is 6.00. The van der Waals surface area contributed by atoms with Gasteiger partial charge in [0.2, 0.25) is 29.1 Å². The molecule has 0 saturated heterocycles. The summed E-state index contributed by atoms with van der Waals surface area (Å²) in [6.45, 7) is 1.73. The van der Waals surface area contributed by atoms with Crippen molar-refractivity contribution in [2.45, 2.75) is 12.6 Å². The monoisotopic (exact) mass is 254 g/mol. The fraction of sp³-hybridized carbons (Fsp3) is 0.333. The first-order chi connectivity index (χ1) is 7.50. The van der Waals surface area contributed by atoms with Gasteiger partial charge >= 0.3 is 0 Å². The molecular formula is C9H7F5OSi. The zero-order valence-electron chi connectivity index (χ0n) is 8.21. The van der Waals surface area contributed by atoms with Crippen molar-refractivity contribution in [3.05, 3.63) is 29.1 Å². The Kier molecular flexibility index (Phi) is 4.28. The molecule has 0 aromatic heterocycles. The van der Waals surface area contributed by atoms with Crippen LogP contribution in [0.4, 0.5) is 22.0 Å². The van der Waals surface area contributed by atoms with Crippen molar-refractivity contribution in [2.75, 3.05) is 6.61 Å². The van der Waals surface area contributed by atoms with E-state index in [-0.39, 0.29) is 6.61 Å². The summed E-state index contributed by atoms with van der Waals surface area (Å²) in [5.74, 6) is -11.2. The van der Waals surface area contributed by atoms with Crippen LogP contribution in [0.15, 0.2) is 0 Å². The zero-order chi connectivity index (χ0) is 12.3. The predicted molar refractivity (Wildman–Crippen MR) is 48.2 cm³/mol. The Labute approximate surface area is 91.0 Å². The molecule has 16 heavy (non-hydrogen) atoms. The van der Waals surface area contributed by atoms with Crippen molar-refractivity contribution in [1.29, 1.82) is 0 Å². The van der Waals surface area contributed by atoms with Gasteiger partial charge in [0.05, 0.1) is 6.61 Å². The van der Waals surface area contributed by atoms with Gasteiger partial charge in [-0.1, -0.05) is 6.55 Å². The van der Waals surface area contributed by atoms with Gasteiger partial charge in [-0.15, -0.1) is 0 Å². The Morgan fingerprint density at radius 1 is 0.875 bits per heavy atom. The van der Waals surface area contributed by atoms with Crippen molar-refractivity contribution < 1.29 is 26.7 Å². The molecule has 0 N–H and O–H groups in total. The second-order valence-electron chi connectivity index (χ2n) is 2.85. The predicted octanol–water partition coefficient (Wildman–Crippen LogP) is 2.93. The van der Waals surface area contributed by atoms with Crippen LogP contribution in [0, 0.1) is 29.1 Å². The Morgan fingerprint density at radius 2 is 1.31 bits per heavy atom. The lowest BCUT2D eigenvalue weighted by Gasteiger charge is -2.09. The lowest BCUT2D eigenvalue weighted by atomic mass is 10.2. The molecule has 0 saturated carbocycles. The number of ether oxygens (including phenoxy) is 1. The smallest absolute Gasteiger partial charge is 0.206 e. The summed E-state index contributed by atoms with van der Waals surface area (Å²) in [4.78, 5) is 0. The van der Waals surface area contributed by atoms with E-state index in [9.17, 15) is 22.0 Å². The van der Waals surface area contributed by atoms with Crippen molar-refractivity contribution in [1.82, 2.24) is 0 Å². The van der Waals surface area contributed by atoms with Crippen LogP contribution in [0.5, 0.6) is 5.75 Å². The van der Waals surface area contributed by atoms with Crippen LogP contribution in [-0.2, 0) is 0 Å². The van der Waals surface area contributed by atoms with Crippen molar-refractivity contribution in [3.8, 4) is 5.75 Å². The van der Waals surface area contributed by atoms with Gasteiger partial charge in [0.1, 0.15) is 0 Å². The van der Waals surface area contributed by atoms with Crippen LogP contribution >= 0.6 is 0 Å². The average molecular weight is 254 g/mol. The van der Waals surface area contributed by atoms with Gasteiger partial charge in [0, 0.05) is 9.52 Å². The highest BCUT2D eigenvalue weighted by Gasteiger charge is 2.26. The second-order valence-corrected chi connectivity index (χ2v) is 4.06. The summed E-state index contributed by atoms with van der Waals surface area (Å²) in [5, 5.41) is 0. The van der Waals surface area contributed by atoms with Crippen LogP contribution in [0.1, 0.15) is 0 Å². The van der Waals surface area contributed by atoms with Crippen LogP contribution in [-0.4, -0.2) is 16.1 Å². The highest BCUT2D eigenvalue weighted by atomic mass is 28.2. The fourth-order valence-corrected chi connectivity index (χ4v) is 1.27. The summed E-state index contributed by atoms with van der Waals surface area (Å²) in [6.07, 6.45) is 0. The number of benzene rings is 1. The molecule has 0 aliphatic carbocycles. The topological polar surface area (TPSA) is 9.23 Å². The van der Waals surface area contributed by atoms with Gasteiger partial charge in [0.25, 0.3) is 0 Å². The van der Waals surface area contributed by atoms with E-state index in [1.165, 1.54) is 0 Å². The van der Waals surface area contributed by atoms with E-state index in [1.807, 2.05) is 6.55 Å². The van der Waals surface area contributed by atoms with Gasteiger partial charge in [-0.05, 0) is 6.04 Å². The van der Waals surface area contributed by atoms with Gasteiger partial charge in [-0.25, -0.2) is 13.2 Å².